The maximum atomic E-state index is 10.8. The van der Waals surface area contributed by atoms with Crippen molar-refractivity contribution < 1.29 is 19.7 Å². The summed E-state index contributed by atoms with van der Waals surface area (Å²) in [6, 6.07) is 0. The van der Waals surface area contributed by atoms with Gasteiger partial charge in [-0.3, -0.25) is 0 Å². The minimum atomic E-state index is -0.871. The van der Waals surface area contributed by atoms with Gasteiger partial charge in [-0.1, -0.05) is 13.3 Å². The average Bonchev–Trinajstić information content (AvgIpc) is 2.89. The molecule has 5 nitrogen and oxygen atoms in total. The molecular formula is C15H27NO4. The number of aliphatic hydroxyl groups is 1. The Hall–Kier alpha value is -0.650. The topological polar surface area (TPSA) is 78.8 Å². The first-order chi connectivity index (χ1) is 9.52. The molecule has 1 aliphatic heterocycles. The predicted octanol–water partition coefficient (Wildman–Crippen LogP) is 1.54. The van der Waals surface area contributed by atoms with Crippen molar-refractivity contribution >= 4 is 5.97 Å². The van der Waals surface area contributed by atoms with E-state index in [-0.39, 0.29) is 6.10 Å². The van der Waals surface area contributed by atoms with Gasteiger partial charge in [-0.05, 0) is 44.4 Å². The molecule has 20 heavy (non-hydrogen) atoms. The third-order valence-electron chi connectivity index (χ3n) is 4.82. The zero-order valence-electron chi connectivity index (χ0n) is 12.3. The van der Waals surface area contributed by atoms with E-state index in [2.05, 4.69) is 12.2 Å². The molecule has 2 unspecified atom stereocenters. The van der Waals surface area contributed by atoms with Crippen molar-refractivity contribution in [2.75, 3.05) is 13.1 Å². The van der Waals surface area contributed by atoms with Crippen LogP contribution in [0.1, 0.15) is 51.9 Å². The summed E-state index contributed by atoms with van der Waals surface area (Å²) >= 11 is 0. The average molecular weight is 285 g/mol. The molecule has 1 heterocycles. The summed E-state index contributed by atoms with van der Waals surface area (Å²) in [6.07, 6.45) is 5.83. The van der Waals surface area contributed by atoms with Gasteiger partial charge in [-0.25, -0.2) is 4.79 Å². The van der Waals surface area contributed by atoms with Gasteiger partial charge in [0.15, 0.2) is 6.10 Å². The number of rotatable bonds is 6. The monoisotopic (exact) mass is 285 g/mol. The van der Waals surface area contributed by atoms with Gasteiger partial charge in [0.05, 0.1) is 11.7 Å². The van der Waals surface area contributed by atoms with Crippen LogP contribution in [-0.2, 0) is 9.53 Å². The fraction of sp³-hybridized carbons (Fsp3) is 0.933. The van der Waals surface area contributed by atoms with Crippen molar-refractivity contribution in [1.29, 1.82) is 0 Å². The molecule has 0 bridgehead atoms. The van der Waals surface area contributed by atoms with Crippen LogP contribution in [-0.4, -0.2) is 47.1 Å². The van der Waals surface area contributed by atoms with Crippen LogP contribution in [0.5, 0.6) is 0 Å². The minimum absolute atomic E-state index is 0.0355. The number of hydrogen-bond acceptors (Lipinski definition) is 4. The summed E-state index contributed by atoms with van der Waals surface area (Å²) in [6.45, 7) is 3.42. The lowest BCUT2D eigenvalue weighted by Crippen LogP contribution is -2.45. The molecule has 3 N–H and O–H groups in total. The Labute approximate surface area is 120 Å². The second kappa shape index (κ2) is 6.87. The highest BCUT2D eigenvalue weighted by Gasteiger charge is 2.34. The highest BCUT2D eigenvalue weighted by molar-refractivity contribution is 5.72. The van der Waals surface area contributed by atoms with E-state index in [1.807, 2.05) is 0 Å². The summed E-state index contributed by atoms with van der Waals surface area (Å²) in [5.74, 6) is -0.103. The van der Waals surface area contributed by atoms with Gasteiger partial charge in [-0.15, -0.1) is 0 Å². The molecule has 1 saturated carbocycles. The smallest absolute Gasteiger partial charge is 0.332 e. The van der Waals surface area contributed by atoms with Crippen LogP contribution >= 0.6 is 0 Å². The van der Waals surface area contributed by atoms with E-state index in [4.69, 9.17) is 9.84 Å². The highest BCUT2D eigenvalue weighted by Crippen LogP contribution is 2.33. The summed E-state index contributed by atoms with van der Waals surface area (Å²) in [4.78, 5) is 10.8. The molecule has 2 fully saturated rings. The minimum Gasteiger partial charge on any atom is -0.479 e. The Bertz CT molecular complexity index is 326. The van der Waals surface area contributed by atoms with E-state index in [9.17, 15) is 9.90 Å². The van der Waals surface area contributed by atoms with E-state index in [1.54, 1.807) is 0 Å². The Kier molecular flexibility index (Phi) is 5.41. The lowest BCUT2D eigenvalue weighted by atomic mass is 9.78. The van der Waals surface area contributed by atoms with Crippen LogP contribution in [0.25, 0.3) is 0 Å². The molecule has 5 heteroatoms. The van der Waals surface area contributed by atoms with Crippen molar-refractivity contribution in [3.8, 4) is 0 Å². The fourth-order valence-electron chi connectivity index (χ4n) is 3.30. The third-order valence-corrected chi connectivity index (χ3v) is 4.82. The lowest BCUT2D eigenvalue weighted by Gasteiger charge is -2.36. The van der Waals surface area contributed by atoms with Crippen molar-refractivity contribution in [2.45, 2.75) is 69.7 Å². The first-order valence-corrected chi connectivity index (χ1v) is 7.84. The lowest BCUT2D eigenvalue weighted by molar-refractivity contribution is -0.149. The Morgan fingerprint density at radius 2 is 2.00 bits per heavy atom. The second-order valence-corrected chi connectivity index (χ2v) is 6.37. The van der Waals surface area contributed by atoms with E-state index < -0.39 is 17.7 Å². The molecule has 2 rings (SSSR count). The molecular weight excluding hydrogens is 258 g/mol. The molecule has 116 valence electrons. The van der Waals surface area contributed by atoms with E-state index >= 15 is 0 Å². The zero-order chi connectivity index (χ0) is 14.6. The number of carbonyl (C=O) groups is 1. The zero-order valence-corrected chi connectivity index (χ0v) is 12.3. The van der Waals surface area contributed by atoms with E-state index in [0.29, 0.717) is 19.5 Å². The van der Waals surface area contributed by atoms with Crippen molar-refractivity contribution in [2.24, 2.45) is 5.92 Å². The summed E-state index contributed by atoms with van der Waals surface area (Å²) in [5.41, 5.74) is -0.587. The van der Waals surface area contributed by atoms with Gasteiger partial charge < -0.3 is 20.3 Å². The first kappa shape index (κ1) is 15.7. The number of ether oxygens (including phenoxy) is 1. The number of carboxylic acids is 1. The molecule has 0 radical (unpaired) electrons. The normalized spacial score (nSPS) is 38.0. The van der Waals surface area contributed by atoms with E-state index in [1.165, 1.54) is 6.42 Å². The SMILES string of the molecule is CCC1CCC(O)(CNCC2CCC(C(=O)O)O2)CC1. The fourth-order valence-corrected chi connectivity index (χ4v) is 3.30. The molecule has 0 aromatic carbocycles. The summed E-state index contributed by atoms with van der Waals surface area (Å²) in [7, 11) is 0. The van der Waals surface area contributed by atoms with Crippen molar-refractivity contribution in [1.82, 2.24) is 5.32 Å². The van der Waals surface area contributed by atoms with Gasteiger partial charge in [0.2, 0.25) is 0 Å². The standard InChI is InChI=1S/C15H27NO4/c1-2-11-5-7-15(19,8-6-11)10-16-9-12-3-4-13(20-12)14(17)18/h11-13,16,19H,2-10H2,1H3,(H,17,18). The molecule has 2 aliphatic rings. The summed E-state index contributed by atoms with van der Waals surface area (Å²) in [5, 5.41) is 22.6. The molecule has 1 aliphatic carbocycles. The number of aliphatic carboxylic acids is 1. The maximum absolute atomic E-state index is 10.8. The van der Waals surface area contributed by atoms with Crippen LogP contribution in [0.2, 0.25) is 0 Å². The molecule has 2 atom stereocenters. The van der Waals surface area contributed by atoms with Crippen LogP contribution in [0.4, 0.5) is 0 Å². The Morgan fingerprint density at radius 3 is 2.55 bits per heavy atom. The van der Waals surface area contributed by atoms with Gasteiger partial charge in [0, 0.05) is 13.1 Å². The molecule has 1 saturated heterocycles. The van der Waals surface area contributed by atoms with Crippen LogP contribution < -0.4 is 5.32 Å². The number of carboxylic acid groups (broad SMARTS) is 1. The van der Waals surface area contributed by atoms with Crippen molar-refractivity contribution in [3.63, 3.8) is 0 Å². The molecule has 0 spiro atoms. The van der Waals surface area contributed by atoms with Crippen LogP contribution in [0.3, 0.4) is 0 Å². The number of hydrogen-bond donors (Lipinski definition) is 3. The molecule has 0 aromatic heterocycles. The highest BCUT2D eigenvalue weighted by atomic mass is 16.5. The maximum Gasteiger partial charge on any atom is 0.332 e. The van der Waals surface area contributed by atoms with Crippen LogP contribution in [0, 0.1) is 5.92 Å². The number of nitrogens with one attached hydrogen (secondary N) is 1. The van der Waals surface area contributed by atoms with Crippen molar-refractivity contribution in [3.05, 3.63) is 0 Å². The summed E-state index contributed by atoms with van der Waals surface area (Å²) < 4.78 is 5.44. The largest absolute Gasteiger partial charge is 0.479 e. The predicted molar refractivity (Wildman–Crippen MR) is 75.6 cm³/mol. The van der Waals surface area contributed by atoms with Crippen LogP contribution in [0.15, 0.2) is 0 Å². The Balaban J connectivity index is 1.65. The second-order valence-electron chi connectivity index (χ2n) is 6.37. The Morgan fingerprint density at radius 1 is 1.30 bits per heavy atom. The van der Waals surface area contributed by atoms with Gasteiger partial charge in [0.25, 0.3) is 0 Å². The van der Waals surface area contributed by atoms with Gasteiger partial charge in [0.1, 0.15) is 0 Å². The van der Waals surface area contributed by atoms with Gasteiger partial charge >= 0.3 is 5.97 Å². The third kappa shape index (κ3) is 4.17. The first-order valence-electron chi connectivity index (χ1n) is 7.84. The molecule has 0 amide bonds. The van der Waals surface area contributed by atoms with Gasteiger partial charge in [-0.2, -0.15) is 0 Å². The molecule has 0 aromatic rings. The van der Waals surface area contributed by atoms with E-state index in [0.717, 1.165) is 38.0 Å². The quantitative estimate of drug-likeness (QED) is 0.690.